The number of hydrogen-bond acceptors (Lipinski definition) is 11. The van der Waals surface area contributed by atoms with E-state index in [1.54, 1.807) is 38.5 Å². The van der Waals surface area contributed by atoms with E-state index in [1.807, 2.05) is 4.90 Å². The highest BCUT2D eigenvalue weighted by Crippen LogP contribution is 2.24. The largest absolute Gasteiger partial charge is 0.486 e. The Morgan fingerprint density at radius 2 is 2.03 bits per heavy atom. The van der Waals surface area contributed by atoms with Crippen LogP contribution >= 0.6 is 0 Å². The topological polar surface area (TPSA) is 137 Å². The Morgan fingerprint density at radius 3 is 2.69 bits per heavy atom. The highest BCUT2D eigenvalue weighted by molar-refractivity contribution is 5.40. The van der Waals surface area contributed by atoms with Gasteiger partial charge in [0.1, 0.15) is 18.3 Å². The summed E-state index contributed by atoms with van der Waals surface area (Å²) in [5.74, 6) is 1.78. The molecule has 11 heteroatoms. The lowest BCUT2D eigenvalue weighted by atomic mass is 10.1. The summed E-state index contributed by atoms with van der Waals surface area (Å²) < 4.78 is 10.9. The van der Waals surface area contributed by atoms with Crippen molar-refractivity contribution in [2.24, 2.45) is 0 Å². The summed E-state index contributed by atoms with van der Waals surface area (Å²) in [6, 6.07) is 3.96. The summed E-state index contributed by atoms with van der Waals surface area (Å²) in [6.45, 7) is 7.52. The molecule has 1 atom stereocenters. The number of anilines is 2. The molecular formula is C21H24N8O3. The summed E-state index contributed by atoms with van der Waals surface area (Å²) in [7, 11) is 0. The smallest absolute Gasteiger partial charge is 0.266 e. The molecular weight excluding hydrogens is 412 g/mol. The number of nitriles is 1. The zero-order valence-corrected chi connectivity index (χ0v) is 18.1. The minimum atomic E-state index is -1.18. The van der Waals surface area contributed by atoms with E-state index in [-0.39, 0.29) is 18.5 Å². The Morgan fingerprint density at radius 1 is 1.25 bits per heavy atom. The highest BCUT2D eigenvalue weighted by atomic mass is 16.5. The van der Waals surface area contributed by atoms with E-state index in [0.29, 0.717) is 42.8 Å². The van der Waals surface area contributed by atoms with Crippen molar-refractivity contribution in [2.45, 2.75) is 39.0 Å². The van der Waals surface area contributed by atoms with Gasteiger partial charge in [0.25, 0.3) is 11.8 Å². The second-order valence-corrected chi connectivity index (χ2v) is 8.10. The van der Waals surface area contributed by atoms with E-state index in [1.165, 1.54) is 6.20 Å². The maximum atomic E-state index is 10.0. The van der Waals surface area contributed by atoms with Crippen LogP contribution in [0.3, 0.4) is 0 Å². The fourth-order valence-electron chi connectivity index (χ4n) is 3.37. The van der Waals surface area contributed by atoms with Crippen LogP contribution in [0.4, 0.5) is 11.9 Å². The first-order chi connectivity index (χ1) is 15.3. The molecule has 1 saturated heterocycles. The Hall–Kier alpha value is -3.78. The molecule has 32 heavy (non-hydrogen) atoms. The molecule has 0 bridgehead atoms. The van der Waals surface area contributed by atoms with Gasteiger partial charge >= 0.3 is 0 Å². The van der Waals surface area contributed by atoms with Crippen molar-refractivity contribution in [3.63, 3.8) is 0 Å². The van der Waals surface area contributed by atoms with E-state index >= 15 is 0 Å². The zero-order valence-electron chi connectivity index (χ0n) is 18.1. The van der Waals surface area contributed by atoms with Gasteiger partial charge in [0.2, 0.25) is 5.95 Å². The van der Waals surface area contributed by atoms with Gasteiger partial charge in [0.15, 0.2) is 5.75 Å². The van der Waals surface area contributed by atoms with Gasteiger partial charge in [-0.3, -0.25) is 4.98 Å². The molecule has 0 amide bonds. The lowest BCUT2D eigenvalue weighted by Gasteiger charge is -2.39. The predicted octanol–water partition coefficient (Wildman–Crippen LogP) is 1.65. The molecule has 0 aliphatic carbocycles. The Kier molecular flexibility index (Phi) is 5.87. The van der Waals surface area contributed by atoms with E-state index in [4.69, 9.17) is 14.5 Å². The van der Waals surface area contributed by atoms with Gasteiger partial charge in [0, 0.05) is 43.6 Å². The predicted molar refractivity (Wildman–Crippen MR) is 114 cm³/mol. The number of hydrogen-bond donors (Lipinski definition) is 1. The standard InChI is InChI=1S/C21H24N8O3/c1-14-12-28(20-26-18(32-27-20)21(2,3)30)6-7-29(14)19-24-10-17(11-25-19)31-13-15-4-5-23-9-16(15)8-22/h4-5,9-11,14,30H,6-7,12-13H2,1-3H3/t14-/m1/s1. The molecule has 3 aromatic heterocycles. The van der Waals surface area contributed by atoms with Gasteiger partial charge in [-0.2, -0.15) is 10.2 Å². The van der Waals surface area contributed by atoms with Crippen molar-refractivity contribution in [1.29, 1.82) is 5.26 Å². The van der Waals surface area contributed by atoms with Gasteiger partial charge in [-0.15, -0.1) is 0 Å². The van der Waals surface area contributed by atoms with Crippen LogP contribution in [0.25, 0.3) is 0 Å². The summed E-state index contributed by atoms with van der Waals surface area (Å²) in [5.41, 5.74) is 0.0581. The van der Waals surface area contributed by atoms with Crippen LogP contribution in [-0.4, -0.2) is 55.9 Å². The Labute approximate surface area is 185 Å². The van der Waals surface area contributed by atoms with E-state index < -0.39 is 5.60 Å². The molecule has 0 unspecified atom stereocenters. The van der Waals surface area contributed by atoms with E-state index in [9.17, 15) is 5.11 Å². The van der Waals surface area contributed by atoms with Crippen LogP contribution in [0.5, 0.6) is 5.75 Å². The minimum absolute atomic E-state index is 0.106. The van der Waals surface area contributed by atoms with Crippen LogP contribution in [-0.2, 0) is 12.2 Å². The molecule has 11 nitrogen and oxygen atoms in total. The molecule has 166 valence electrons. The van der Waals surface area contributed by atoms with Crippen molar-refractivity contribution in [3.8, 4) is 11.8 Å². The fourth-order valence-corrected chi connectivity index (χ4v) is 3.37. The molecule has 1 N–H and O–H groups in total. The Balaban J connectivity index is 1.37. The number of aliphatic hydroxyl groups is 1. The van der Waals surface area contributed by atoms with Gasteiger partial charge in [-0.05, 0) is 32.0 Å². The van der Waals surface area contributed by atoms with Crippen LogP contribution in [0.2, 0.25) is 0 Å². The molecule has 1 fully saturated rings. The van der Waals surface area contributed by atoms with Gasteiger partial charge in [0.05, 0.1) is 18.0 Å². The highest BCUT2D eigenvalue weighted by Gasteiger charge is 2.30. The van der Waals surface area contributed by atoms with Crippen molar-refractivity contribution >= 4 is 11.9 Å². The number of piperazine rings is 1. The average Bonchev–Trinajstić information content (AvgIpc) is 3.29. The van der Waals surface area contributed by atoms with Gasteiger partial charge < -0.3 is 24.2 Å². The van der Waals surface area contributed by atoms with E-state index in [2.05, 4.69) is 43.0 Å². The van der Waals surface area contributed by atoms with Crippen LogP contribution < -0.4 is 14.5 Å². The van der Waals surface area contributed by atoms with Gasteiger partial charge in [-0.25, -0.2) is 9.97 Å². The monoisotopic (exact) mass is 436 g/mol. The third kappa shape index (κ3) is 4.60. The normalized spacial score (nSPS) is 16.7. The van der Waals surface area contributed by atoms with Crippen molar-refractivity contribution < 1.29 is 14.4 Å². The SMILES string of the molecule is C[C@@H]1CN(c2noc(C(C)(C)O)n2)CCN1c1ncc(OCc2ccncc2C#N)cn1. The summed E-state index contributed by atoms with van der Waals surface area (Å²) >= 11 is 0. The van der Waals surface area contributed by atoms with Crippen molar-refractivity contribution in [3.05, 3.63) is 47.9 Å². The quantitative estimate of drug-likeness (QED) is 0.603. The van der Waals surface area contributed by atoms with E-state index in [0.717, 1.165) is 5.56 Å². The van der Waals surface area contributed by atoms with Crippen LogP contribution in [0, 0.1) is 11.3 Å². The second kappa shape index (κ2) is 8.76. The molecule has 1 aliphatic heterocycles. The maximum absolute atomic E-state index is 10.0. The lowest BCUT2D eigenvalue weighted by molar-refractivity contribution is 0.0420. The first kappa shape index (κ1) is 21.5. The molecule has 4 rings (SSSR count). The molecule has 0 spiro atoms. The Bertz CT molecular complexity index is 1100. The molecule has 3 aromatic rings. The first-order valence-electron chi connectivity index (χ1n) is 10.2. The minimum Gasteiger partial charge on any atom is -0.486 e. The fraction of sp³-hybridized carbons (Fsp3) is 0.429. The third-order valence-corrected chi connectivity index (χ3v) is 5.15. The lowest BCUT2D eigenvalue weighted by Crippen LogP contribution is -2.53. The van der Waals surface area contributed by atoms with Crippen molar-refractivity contribution in [2.75, 3.05) is 29.4 Å². The van der Waals surface area contributed by atoms with Crippen LogP contribution in [0.15, 0.2) is 35.4 Å². The molecule has 0 radical (unpaired) electrons. The van der Waals surface area contributed by atoms with Crippen LogP contribution in [0.1, 0.15) is 37.8 Å². The number of rotatable bonds is 6. The number of nitrogens with zero attached hydrogens (tertiary/aromatic N) is 8. The average molecular weight is 436 g/mol. The number of aromatic nitrogens is 5. The zero-order chi connectivity index (χ0) is 22.7. The summed E-state index contributed by atoms with van der Waals surface area (Å²) in [4.78, 5) is 21.3. The third-order valence-electron chi connectivity index (χ3n) is 5.15. The number of ether oxygens (including phenoxy) is 1. The molecule has 0 aromatic carbocycles. The molecule has 0 saturated carbocycles. The summed E-state index contributed by atoms with van der Waals surface area (Å²) in [5, 5.41) is 23.2. The summed E-state index contributed by atoms with van der Waals surface area (Å²) in [6.07, 6.45) is 6.40. The maximum Gasteiger partial charge on any atom is 0.266 e. The van der Waals surface area contributed by atoms with Crippen molar-refractivity contribution in [1.82, 2.24) is 25.1 Å². The number of pyridine rings is 1. The first-order valence-corrected chi connectivity index (χ1v) is 10.2. The molecule has 4 heterocycles. The van der Waals surface area contributed by atoms with Gasteiger partial charge in [-0.1, -0.05) is 0 Å². The molecule has 1 aliphatic rings. The second-order valence-electron chi connectivity index (χ2n) is 8.10.